The highest BCUT2D eigenvalue weighted by Gasteiger charge is 2.30. The molecule has 2 aromatic rings. The Balaban J connectivity index is 1.79. The summed E-state index contributed by atoms with van der Waals surface area (Å²) in [4.78, 5) is 6.12. The molecule has 21 heavy (non-hydrogen) atoms. The molecule has 1 aliphatic rings. The SMILES string of the molecule is CCCNC(Cc1nc(C)cs1)C1CSc2ccccc21. The summed E-state index contributed by atoms with van der Waals surface area (Å²) in [7, 11) is 0. The molecule has 4 heteroatoms. The standard InChI is InChI=1S/C17H22N2S2/c1-3-8-18-15(9-17-19-12(2)10-21-17)14-11-20-16-7-5-4-6-13(14)16/h4-7,10,14-15,18H,3,8-9,11H2,1-2H3. The lowest BCUT2D eigenvalue weighted by Crippen LogP contribution is -2.37. The van der Waals surface area contributed by atoms with Gasteiger partial charge < -0.3 is 5.32 Å². The number of aryl methyl sites for hydroxylation is 1. The number of hydrogen-bond donors (Lipinski definition) is 1. The summed E-state index contributed by atoms with van der Waals surface area (Å²) in [5.41, 5.74) is 2.66. The van der Waals surface area contributed by atoms with Gasteiger partial charge in [-0.3, -0.25) is 0 Å². The van der Waals surface area contributed by atoms with Crippen LogP contribution < -0.4 is 5.32 Å². The molecule has 112 valence electrons. The molecule has 2 nitrogen and oxygen atoms in total. The van der Waals surface area contributed by atoms with Crippen LogP contribution >= 0.6 is 23.1 Å². The molecule has 0 spiro atoms. The smallest absolute Gasteiger partial charge is 0.0943 e. The van der Waals surface area contributed by atoms with Crippen molar-refractivity contribution in [1.82, 2.24) is 10.3 Å². The summed E-state index contributed by atoms with van der Waals surface area (Å²) in [5.74, 6) is 1.78. The maximum absolute atomic E-state index is 4.66. The van der Waals surface area contributed by atoms with E-state index in [9.17, 15) is 0 Å². The number of nitrogens with zero attached hydrogens (tertiary/aromatic N) is 1. The zero-order valence-corrected chi connectivity index (χ0v) is 14.3. The lowest BCUT2D eigenvalue weighted by atomic mass is 9.91. The Morgan fingerprint density at radius 3 is 3.00 bits per heavy atom. The van der Waals surface area contributed by atoms with Crippen LogP contribution in [0.3, 0.4) is 0 Å². The maximum atomic E-state index is 4.66. The zero-order valence-electron chi connectivity index (χ0n) is 12.6. The molecule has 0 aliphatic carbocycles. The zero-order chi connectivity index (χ0) is 14.7. The van der Waals surface area contributed by atoms with Crippen molar-refractivity contribution in [3.63, 3.8) is 0 Å². The molecule has 0 saturated carbocycles. The van der Waals surface area contributed by atoms with E-state index in [1.165, 1.54) is 27.6 Å². The second-order valence-corrected chi connectivity index (χ2v) is 7.61. The first-order chi connectivity index (χ1) is 10.3. The van der Waals surface area contributed by atoms with E-state index in [4.69, 9.17) is 0 Å². The van der Waals surface area contributed by atoms with Gasteiger partial charge >= 0.3 is 0 Å². The number of benzene rings is 1. The number of aromatic nitrogens is 1. The fourth-order valence-electron chi connectivity index (χ4n) is 2.89. The molecule has 1 aromatic carbocycles. The highest BCUT2D eigenvalue weighted by atomic mass is 32.2. The van der Waals surface area contributed by atoms with Crippen LogP contribution in [0, 0.1) is 6.92 Å². The molecule has 3 rings (SSSR count). The van der Waals surface area contributed by atoms with Gasteiger partial charge in [-0.15, -0.1) is 23.1 Å². The van der Waals surface area contributed by atoms with Gasteiger partial charge in [0.25, 0.3) is 0 Å². The molecule has 1 N–H and O–H groups in total. The third-order valence-corrected chi connectivity index (χ3v) is 6.14. The number of thioether (sulfide) groups is 1. The first-order valence-corrected chi connectivity index (χ1v) is 9.50. The molecule has 2 heterocycles. The van der Waals surface area contributed by atoms with Crippen molar-refractivity contribution in [2.45, 2.75) is 43.5 Å². The van der Waals surface area contributed by atoms with Gasteiger partial charge in [0.15, 0.2) is 0 Å². The molecular weight excluding hydrogens is 296 g/mol. The minimum atomic E-state index is 0.492. The predicted molar refractivity (Wildman–Crippen MR) is 92.5 cm³/mol. The Kier molecular flexibility index (Phi) is 4.99. The Morgan fingerprint density at radius 1 is 1.38 bits per heavy atom. The van der Waals surface area contributed by atoms with Gasteiger partial charge in [0.2, 0.25) is 0 Å². The number of hydrogen-bond acceptors (Lipinski definition) is 4. The van der Waals surface area contributed by atoms with Gasteiger partial charge in [0.05, 0.1) is 5.01 Å². The highest BCUT2D eigenvalue weighted by Crippen LogP contribution is 2.41. The monoisotopic (exact) mass is 318 g/mol. The molecule has 1 aliphatic heterocycles. The topological polar surface area (TPSA) is 24.9 Å². The van der Waals surface area contributed by atoms with Gasteiger partial charge in [0, 0.05) is 40.1 Å². The van der Waals surface area contributed by atoms with Crippen LogP contribution in [-0.4, -0.2) is 23.3 Å². The second-order valence-electron chi connectivity index (χ2n) is 5.60. The number of rotatable bonds is 6. The molecule has 1 aromatic heterocycles. The predicted octanol–water partition coefficient (Wildman–Crippen LogP) is 4.25. The van der Waals surface area contributed by atoms with Crippen LogP contribution in [0.5, 0.6) is 0 Å². The highest BCUT2D eigenvalue weighted by molar-refractivity contribution is 7.99. The second kappa shape index (κ2) is 6.95. The maximum Gasteiger partial charge on any atom is 0.0943 e. The van der Waals surface area contributed by atoms with Crippen molar-refractivity contribution in [3.05, 3.63) is 45.9 Å². The molecular formula is C17H22N2S2. The van der Waals surface area contributed by atoms with Crippen molar-refractivity contribution in [1.29, 1.82) is 0 Å². The van der Waals surface area contributed by atoms with Gasteiger partial charge in [-0.1, -0.05) is 25.1 Å². The van der Waals surface area contributed by atoms with Crippen molar-refractivity contribution in [2.75, 3.05) is 12.3 Å². The lowest BCUT2D eigenvalue weighted by molar-refractivity contribution is 0.451. The Hall–Kier alpha value is -0.840. The molecule has 0 bridgehead atoms. The van der Waals surface area contributed by atoms with Crippen molar-refractivity contribution < 1.29 is 0 Å². The van der Waals surface area contributed by atoms with Crippen molar-refractivity contribution >= 4 is 23.1 Å². The third kappa shape index (κ3) is 3.50. The third-order valence-electron chi connectivity index (χ3n) is 3.94. The van der Waals surface area contributed by atoms with E-state index in [-0.39, 0.29) is 0 Å². The Labute approximate surface area is 135 Å². The van der Waals surface area contributed by atoms with E-state index in [0.717, 1.165) is 18.7 Å². The van der Waals surface area contributed by atoms with Gasteiger partial charge in [-0.05, 0) is 31.5 Å². The van der Waals surface area contributed by atoms with E-state index in [0.29, 0.717) is 12.0 Å². The van der Waals surface area contributed by atoms with Crippen LogP contribution in [0.2, 0.25) is 0 Å². The summed E-state index contributed by atoms with van der Waals surface area (Å²) in [6, 6.07) is 9.36. The van der Waals surface area contributed by atoms with Crippen LogP contribution in [0.15, 0.2) is 34.5 Å². The molecule has 0 amide bonds. The van der Waals surface area contributed by atoms with Crippen LogP contribution in [0.25, 0.3) is 0 Å². The molecule has 0 radical (unpaired) electrons. The van der Waals surface area contributed by atoms with E-state index >= 15 is 0 Å². The summed E-state index contributed by atoms with van der Waals surface area (Å²) in [5, 5.41) is 7.18. The summed E-state index contributed by atoms with van der Waals surface area (Å²) in [6.45, 7) is 5.39. The normalized spacial score (nSPS) is 18.7. The quantitative estimate of drug-likeness (QED) is 0.862. The van der Waals surface area contributed by atoms with Crippen LogP contribution in [0.4, 0.5) is 0 Å². The molecule has 2 unspecified atom stereocenters. The number of nitrogens with one attached hydrogen (secondary N) is 1. The Bertz CT molecular complexity index is 594. The summed E-state index contributed by atoms with van der Waals surface area (Å²) in [6.07, 6.45) is 2.22. The fourth-order valence-corrected chi connectivity index (χ4v) is 5.06. The Morgan fingerprint density at radius 2 is 2.24 bits per heavy atom. The minimum Gasteiger partial charge on any atom is -0.313 e. The van der Waals surface area contributed by atoms with Crippen molar-refractivity contribution in [3.8, 4) is 0 Å². The van der Waals surface area contributed by atoms with E-state index in [1.807, 2.05) is 11.8 Å². The average Bonchev–Trinajstić information content (AvgIpc) is 3.09. The number of thiazole rings is 1. The van der Waals surface area contributed by atoms with Gasteiger partial charge in [-0.2, -0.15) is 0 Å². The van der Waals surface area contributed by atoms with Gasteiger partial charge in [0.1, 0.15) is 0 Å². The lowest BCUT2D eigenvalue weighted by Gasteiger charge is -2.24. The minimum absolute atomic E-state index is 0.492. The molecule has 0 fully saturated rings. The summed E-state index contributed by atoms with van der Waals surface area (Å²) < 4.78 is 0. The fraction of sp³-hybridized carbons (Fsp3) is 0.471. The average molecular weight is 319 g/mol. The van der Waals surface area contributed by atoms with Crippen LogP contribution in [0.1, 0.15) is 35.5 Å². The van der Waals surface area contributed by atoms with E-state index in [2.05, 4.69) is 53.8 Å². The van der Waals surface area contributed by atoms with E-state index < -0.39 is 0 Å². The van der Waals surface area contributed by atoms with Crippen LogP contribution in [-0.2, 0) is 6.42 Å². The molecule has 2 atom stereocenters. The largest absolute Gasteiger partial charge is 0.313 e. The summed E-state index contributed by atoms with van der Waals surface area (Å²) >= 11 is 3.79. The number of fused-ring (bicyclic) bond motifs is 1. The first kappa shape index (κ1) is 15.1. The molecule has 0 saturated heterocycles. The van der Waals surface area contributed by atoms with Gasteiger partial charge in [-0.25, -0.2) is 4.98 Å². The van der Waals surface area contributed by atoms with E-state index in [1.54, 1.807) is 11.3 Å². The van der Waals surface area contributed by atoms with Crippen molar-refractivity contribution in [2.24, 2.45) is 0 Å². The first-order valence-electron chi connectivity index (χ1n) is 7.64.